The van der Waals surface area contributed by atoms with E-state index < -0.39 is 0 Å². The van der Waals surface area contributed by atoms with Gasteiger partial charge in [-0.3, -0.25) is 0 Å². The maximum absolute atomic E-state index is 5.39. The van der Waals surface area contributed by atoms with Crippen LogP contribution >= 0.6 is 23.6 Å². The summed E-state index contributed by atoms with van der Waals surface area (Å²) in [6.45, 7) is 2.89. The van der Waals surface area contributed by atoms with E-state index in [0.29, 0.717) is 11.2 Å². The molecule has 21 heavy (non-hydrogen) atoms. The molecular weight excluding hydrogens is 298 g/mol. The van der Waals surface area contributed by atoms with Crippen LogP contribution in [0.1, 0.15) is 16.5 Å². The Hall–Kier alpha value is -1.43. The van der Waals surface area contributed by atoms with Gasteiger partial charge < -0.3 is 15.5 Å². The Bertz CT molecular complexity index is 579. The van der Waals surface area contributed by atoms with E-state index >= 15 is 0 Å². The zero-order valence-corrected chi connectivity index (χ0v) is 14.3. The van der Waals surface area contributed by atoms with Crippen LogP contribution in [0.4, 0.5) is 5.69 Å². The fraction of sp³-hybridized carbons (Fsp3) is 0.312. The van der Waals surface area contributed by atoms with Crippen LogP contribution in [0, 0.1) is 6.92 Å². The van der Waals surface area contributed by atoms with Crippen molar-refractivity contribution in [2.45, 2.75) is 13.0 Å². The molecule has 0 saturated carbocycles. The van der Waals surface area contributed by atoms with Crippen LogP contribution in [0.5, 0.6) is 0 Å². The number of likely N-dealkylation sites (N-methyl/N-ethyl adjacent to an activating group) is 1. The van der Waals surface area contributed by atoms with Gasteiger partial charge in [0.1, 0.15) is 6.04 Å². The molecule has 0 radical (unpaired) electrons. The maximum atomic E-state index is 5.39. The van der Waals surface area contributed by atoms with Crippen molar-refractivity contribution in [1.82, 2.24) is 5.32 Å². The molecule has 0 aliphatic rings. The molecule has 2 aromatic rings. The first kappa shape index (κ1) is 15.9. The Morgan fingerprint density at radius 3 is 2.71 bits per heavy atom. The highest BCUT2D eigenvalue weighted by Crippen LogP contribution is 2.15. The average molecular weight is 321 g/mol. The lowest BCUT2D eigenvalue weighted by molar-refractivity contribution is -0.890. The van der Waals surface area contributed by atoms with E-state index in [0.717, 1.165) is 12.2 Å². The van der Waals surface area contributed by atoms with Crippen LogP contribution in [0.2, 0.25) is 0 Å². The number of rotatable bonds is 5. The summed E-state index contributed by atoms with van der Waals surface area (Å²) in [7, 11) is 4.34. The fourth-order valence-corrected chi connectivity index (χ4v) is 3.33. The van der Waals surface area contributed by atoms with E-state index in [-0.39, 0.29) is 0 Å². The summed E-state index contributed by atoms with van der Waals surface area (Å²) in [5.74, 6) is 0. The minimum atomic E-state index is 0.405. The van der Waals surface area contributed by atoms with E-state index in [4.69, 9.17) is 12.2 Å². The molecular formula is C16H22N3S2+. The van der Waals surface area contributed by atoms with Gasteiger partial charge in [-0.25, -0.2) is 0 Å². The first-order valence-electron chi connectivity index (χ1n) is 7.01. The van der Waals surface area contributed by atoms with Gasteiger partial charge in [0.05, 0.1) is 25.5 Å². The Morgan fingerprint density at radius 2 is 2.10 bits per heavy atom. The van der Waals surface area contributed by atoms with Crippen LogP contribution < -0.4 is 15.5 Å². The van der Waals surface area contributed by atoms with Crippen LogP contribution in [0.15, 0.2) is 41.8 Å². The minimum Gasteiger partial charge on any atom is -0.356 e. The molecule has 0 spiro atoms. The highest BCUT2D eigenvalue weighted by molar-refractivity contribution is 7.80. The molecule has 3 nitrogen and oxygen atoms in total. The average Bonchev–Trinajstić information content (AvgIpc) is 2.92. The van der Waals surface area contributed by atoms with Crippen LogP contribution in [-0.2, 0) is 0 Å². The Labute approximate surface area is 136 Å². The molecule has 0 saturated heterocycles. The number of quaternary nitrogens is 1. The number of nitrogens with one attached hydrogen (secondary N) is 3. The van der Waals surface area contributed by atoms with E-state index in [2.05, 4.69) is 61.3 Å². The molecule has 1 aromatic carbocycles. The van der Waals surface area contributed by atoms with Gasteiger partial charge in [-0.1, -0.05) is 18.2 Å². The maximum Gasteiger partial charge on any atom is 0.171 e. The van der Waals surface area contributed by atoms with Crippen molar-refractivity contribution in [3.05, 3.63) is 52.2 Å². The van der Waals surface area contributed by atoms with Gasteiger partial charge in [0.25, 0.3) is 0 Å². The second-order valence-electron chi connectivity index (χ2n) is 5.35. The Balaban J connectivity index is 1.90. The van der Waals surface area contributed by atoms with E-state index in [1.165, 1.54) is 15.3 Å². The zero-order chi connectivity index (χ0) is 15.2. The summed E-state index contributed by atoms with van der Waals surface area (Å²) in [4.78, 5) is 2.77. The highest BCUT2D eigenvalue weighted by Gasteiger charge is 2.18. The summed E-state index contributed by atoms with van der Waals surface area (Å²) < 4.78 is 0. The molecule has 0 bridgehead atoms. The summed E-state index contributed by atoms with van der Waals surface area (Å²) in [5.41, 5.74) is 2.24. The molecule has 0 aliphatic heterocycles. The number of aryl methyl sites for hydroxylation is 1. The third-order valence-corrected chi connectivity index (χ3v) is 4.56. The summed E-state index contributed by atoms with van der Waals surface area (Å²) >= 11 is 7.18. The summed E-state index contributed by atoms with van der Waals surface area (Å²) in [6, 6.07) is 12.9. The number of anilines is 1. The van der Waals surface area contributed by atoms with Gasteiger partial charge in [-0.2, -0.15) is 0 Å². The van der Waals surface area contributed by atoms with E-state index in [1.807, 2.05) is 12.1 Å². The van der Waals surface area contributed by atoms with Gasteiger partial charge >= 0.3 is 0 Å². The monoisotopic (exact) mass is 320 g/mol. The predicted octanol–water partition coefficient (Wildman–Crippen LogP) is 2.23. The lowest BCUT2D eigenvalue weighted by Crippen LogP contribution is -3.06. The SMILES string of the molecule is Cc1cccc(NC(=S)NC[C@H](c2cccs2)[NH+](C)C)c1. The summed E-state index contributed by atoms with van der Waals surface area (Å²) in [6.07, 6.45) is 0. The number of thiocarbonyl (C=S) groups is 1. The van der Waals surface area contributed by atoms with Gasteiger partial charge in [-0.05, 0) is 48.3 Å². The lowest BCUT2D eigenvalue weighted by atomic mass is 10.2. The molecule has 112 valence electrons. The predicted molar refractivity (Wildman–Crippen MR) is 95.3 cm³/mol. The third-order valence-electron chi connectivity index (χ3n) is 3.33. The number of benzene rings is 1. The van der Waals surface area contributed by atoms with Crippen molar-refractivity contribution in [3.8, 4) is 0 Å². The van der Waals surface area contributed by atoms with Gasteiger partial charge in [-0.15, -0.1) is 11.3 Å². The number of hydrogen-bond acceptors (Lipinski definition) is 2. The number of hydrogen-bond donors (Lipinski definition) is 3. The highest BCUT2D eigenvalue weighted by atomic mass is 32.1. The molecule has 2 rings (SSSR count). The van der Waals surface area contributed by atoms with Crippen molar-refractivity contribution in [3.63, 3.8) is 0 Å². The molecule has 0 fully saturated rings. The molecule has 1 atom stereocenters. The quantitative estimate of drug-likeness (QED) is 0.738. The smallest absolute Gasteiger partial charge is 0.171 e. The van der Waals surface area contributed by atoms with Crippen molar-refractivity contribution >= 4 is 34.4 Å². The van der Waals surface area contributed by atoms with Crippen molar-refractivity contribution in [1.29, 1.82) is 0 Å². The van der Waals surface area contributed by atoms with E-state index in [9.17, 15) is 0 Å². The molecule has 3 N–H and O–H groups in total. The van der Waals surface area contributed by atoms with Crippen LogP contribution in [-0.4, -0.2) is 25.8 Å². The van der Waals surface area contributed by atoms with Crippen molar-refractivity contribution in [2.75, 3.05) is 26.0 Å². The van der Waals surface area contributed by atoms with Crippen molar-refractivity contribution in [2.24, 2.45) is 0 Å². The topological polar surface area (TPSA) is 28.5 Å². The molecule has 1 heterocycles. The molecule has 5 heteroatoms. The zero-order valence-electron chi connectivity index (χ0n) is 12.6. The molecule has 0 unspecified atom stereocenters. The van der Waals surface area contributed by atoms with Crippen LogP contribution in [0.25, 0.3) is 0 Å². The molecule has 0 aliphatic carbocycles. The van der Waals surface area contributed by atoms with Gasteiger partial charge in [0, 0.05) is 5.69 Å². The largest absolute Gasteiger partial charge is 0.356 e. The minimum absolute atomic E-state index is 0.405. The van der Waals surface area contributed by atoms with Gasteiger partial charge in [0.15, 0.2) is 5.11 Å². The third kappa shape index (κ3) is 4.81. The fourth-order valence-electron chi connectivity index (χ4n) is 2.17. The van der Waals surface area contributed by atoms with Gasteiger partial charge in [0.2, 0.25) is 0 Å². The standard InChI is InChI=1S/C16H21N3S2/c1-12-6-4-7-13(10-12)18-16(20)17-11-14(19(2)3)15-8-5-9-21-15/h4-10,14H,11H2,1-3H3,(H2,17,18,20)/p+1/t14-/m1/s1. The van der Waals surface area contributed by atoms with Crippen molar-refractivity contribution < 1.29 is 4.90 Å². The van der Waals surface area contributed by atoms with Crippen LogP contribution in [0.3, 0.4) is 0 Å². The first-order valence-corrected chi connectivity index (χ1v) is 8.30. The normalized spacial score (nSPS) is 12.2. The first-order chi connectivity index (χ1) is 10.1. The molecule has 0 amide bonds. The number of thiophene rings is 1. The second-order valence-corrected chi connectivity index (χ2v) is 6.74. The lowest BCUT2D eigenvalue weighted by Gasteiger charge is -2.21. The second kappa shape index (κ2) is 7.54. The molecule has 1 aromatic heterocycles. The summed E-state index contributed by atoms with van der Waals surface area (Å²) in [5, 5.41) is 9.35. The van der Waals surface area contributed by atoms with E-state index in [1.54, 1.807) is 11.3 Å². The Kier molecular flexibility index (Phi) is 5.73. The Morgan fingerprint density at radius 1 is 1.29 bits per heavy atom.